The van der Waals surface area contributed by atoms with Gasteiger partial charge in [0.15, 0.2) is 0 Å². The number of halogens is 1. The van der Waals surface area contributed by atoms with E-state index in [4.69, 9.17) is 5.73 Å². The molecule has 0 unspecified atom stereocenters. The largest absolute Gasteiger partial charge is 0.326 e. The number of rotatable bonds is 1. The molecule has 2 N–H and O–H groups in total. The summed E-state index contributed by atoms with van der Waals surface area (Å²) >= 11 is 0. The maximum absolute atomic E-state index is 5.52. The van der Waals surface area contributed by atoms with E-state index >= 15 is 0 Å². The van der Waals surface area contributed by atoms with E-state index in [1.807, 2.05) is 24.3 Å². The van der Waals surface area contributed by atoms with Gasteiger partial charge < -0.3 is 5.73 Å². The molecule has 0 saturated carbocycles. The highest BCUT2D eigenvalue weighted by atomic mass is 127. The monoisotopic (exact) mass is 286 g/mol. The average Bonchev–Trinajstić information content (AvgIpc) is 2.17. The second-order valence-corrected chi connectivity index (χ2v) is 2.73. The molecule has 0 fully saturated rings. The second kappa shape index (κ2) is 4.53. The molecule has 0 atom stereocenters. The van der Waals surface area contributed by atoms with E-state index in [1.165, 1.54) is 0 Å². The maximum Gasteiger partial charge on any atom is 0.0702 e. The van der Waals surface area contributed by atoms with Crippen molar-refractivity contribution in [1.29, 1.82) is 0 Å². The first-order valence-corrected chi connectivity index (χ1v) is 3.94. The van der Waals surface area contributed by atoms with Gasteiger partial charge in [0, 0.05) is 18.1 Å². The predicted octanol–water partition coefficient (Wildman–Crippen LogP) is 2.31. The van der Waals surface area contributed by atoms with Crippen molar-refractivity contribution >= 4 is 34.9 Å². The molecule has 0 saturated heterocycles. The summed E-state index contributed by atoms with van der Waals surface area (Å²) in [5, 5.41) is 1.15. The molecule has 1 heterocycles. The Bertz CT molecular complexity index is 401. The van der Waals surface area contributed by atoms with Crippen LogP contribution in [0.15, 0.2) is 36.5 Å². The van der Waals surface area contributed by atoms with Gasteiger partial charge in [0.1, 0.15) is 0 Å². The predicted molar refractivity (Wildman–Crippen MR) is 65.0 cm³/mol. The SMILES string of the molecule is I.NCc1ccc2ncccc2c1. The van der Waals surface area contributed by atoms with Crippen LogP contribution >= 0.6 is 24.0 Å². The normalized spacial score (nSPS) is 9.62. The van der Waals surface area contributed by atoms with E-state index in [0.717, 1.165) is 16.5 Å². The summed E-state index contributed by atoms with van der Waals surface area (Å²) in [4.78, 5) is 4.22. The summed E-state index contributed by atoms with van der Waals surface area (Å²) < 4.78 is 0. The minimum atomic E-state index is 0. The Hall–Kier alpha value is -0.680. The summed E-state index contributed by atoms with van der Waals surface area (Å²) in [7, 11) is 0. The molecule has 2 aromatic rings. The first kappa shape index (κ1) is 10.4. The van der Waals surface area contributed by atoms with Crippen molar-refractivity contribution in [2.45, 2.75) is 6.54 Å². The zero-order valence-corrected chi connectivity index (χ0v) is 9.43. The number of fused-ring (bicyclic) bond motifs is 1. The number of benzene rings is 1. The fourth-order valence-electron chi connectivity index (χ4n) is 1.25. The molecule has 2 nitrogen and oxygen atoms in total. The molecular formula is C10H11IN2. The van der Waals surface area contributed by atoms with Crippen molar-refractivity contribution in [3.05, 3.63) is 42.1 Å². The summed E-state index contributed by atoms with van der Waals surface area (Å²) in [5.41, 5.74) is 7.69. The van der Waals surface area contributed by atoms with Crippen LogP contribution in [0.25, 0.3) is 10.9 Å². The van der Waals surface area contributed by atoms with E-state index in [0.29, 0.717) is 6.54 Å². The molecule has 0 bridgehead atoms. The van der Waals surface area contributed by atoms with Gasteiger partial charge in [-0.25, -0.2) is 0 Å². The van der Waals surface area contributed by atoms with Crippen LogP contribution in [0.5, 0.6) is 0 Å². The Morgan fingerprint density at radius 2 is 2.08 bits per heavy atom. The minimum Gasteiger partial charge on any atom is -0.326 e. The van der Waals surface area contributed by atoms with Gasteiger partial charge in [-0.05, 0) is 23.8 Å². The summed E-state index contributed by atoms with van der Waals surface area (Å²) in [6.45, 7) is 0.588. The van der Waals surface area contributed by atoms with Crippen LogP contribution in [0, 0.1) is 0 Å². The maximum atomic E-state index is 5.52. The third-order valence-corrected chi connectivity index (χ3v) is 1.90. The molecule has 0 radical (unpaired) electrons. The van der Waals surface area contributed by atoms with Crippen molar-refractivity contribution < 1.29 is 0 Å². The van der Waals surface area contributed by atoms with E-state index < -0.39 is 0 Å². The van der Waals surface area contributed by atoms with Crippen LogP contribution in [0.4, 0.5) is 0 Å². The lowest BCUT2D eigenvalue weighted by Crippen LogP contribution is -1.95. The van der Waals surface area contributed by atoms with Gasteiger partial charge >= 0.3 is 0 Å². The molecule has 0 aliphatic rings. The van der Waals surface area contributed by atoms with Crippen LogP contribution in [0.2, 0.25) is 0 Å². The zero-order chi connectivity index (χ0) is 8.39. The molecule has 0 aliphatic heterocycles. The third kappa shape index (κ3) is 2.16. The van der Waals surface area contributed by atoms with Crippen molar-refractivity contribution in [1.82, 2.24) is 4.98 Å². The van der Waals surface area contributed by atoms with E-state index in [2.05, 4.69) is 11.1 Å². The lowest BCUT2D eigenvalue weighted by atomic mass is 10.1. The fourth-order valence-corrected chi connectivity index (χ4v) is 1.25. The molecule has 1 aromatic carbocycles. The Kier molecular flexibility index (Phi) is 3.62. The van der Waals surface area contributed by atoms with Gasteiger partial charge in [0.05, 0.1) is 5.52 Å². The molecule has 13 heavy (non-hydrogen) atoms. The highest BCUT2D eigenvalue weighted by Gasteiger charge is 1.93. The Balaban J connectivity index is 0.000000845. The highest BCUT2D eigenvalue weighted by molar-refractivity contribution is 14.0. The quantitative estimate of drug-likeness (QED) is 0.817. The van der Waals surface area contributed by atoms with E-state index in [-0.39, 0.29) is 24.0 Å². The highest BCUT2D eigenvalue weighted by Crippen LogP contribution is 2.12. The molecule has 3 heteroatoms. The van der Waals surface area contributed by atoms with Gasteiger partial charge in [-0.15, -0.1) is 24.0 Å². The molecule has 0 amide bonds. The van der Waals surface area contributed by atoms with Gasteiger partial charge in [0.2, 0.25) is 0 Å². The van der Waals surface area contributed by atoms with Crippen molar-refractivity contribution in [2.75, 3.05) is 0 Å². The Morgan fingerprint density at radius 3 is 2.85 bits per heavy atom. The number of nitrogens with two attached hydrogens (primary N) is 1. The molecule has 2 rings (SSSR count). The first-order chi connectivity index (χ1) is 5.90. The number of hydrogen-bond acceptors (Lipinski definition) is 2. The third-order valence-electron chi connectivity index (χ3n) is 1.90. The van der Waals surface area contributed by atoms with Gasteiger partial charge in [0.25, 0.3) is 0 Å². The van der Waals surface area contributed by atoms with E-state index in [1.54, 1.807) is 6.20 Å². The number of hydrogen-bond donors (Lipinski definition) is 1. The lowest BCUT2D eigenvalue weighted by Gasteiger charge is -1.98. The molecule has 1 aromatic heterocycles. The molecular weight excluding hydrogens is 275 g/mol. The van der Waals surface area contributed by atoms with Crippen LogP contribution < -0.4 is 5.73 Å². The van der Waals surface area contributed by atoms with Crippen molar-refractivity contribution in [3.8, 4) is 0 Å². The topological polar surface area (TPSA) is 38.9 Å². The van der Waals surface area contributed by atoms with Gasteiger partial charge in [-0.1, -0.05) is 12.1 Å². The standard InChI is InChI=1S/C10H10N2.HI/c11-7-8-3-4-10-9(6-8)2-1-5-12-10;/h1-6H,7,11H2;1H. The van der Waals surface area contributed by atoms with Crippen LogP contribution in [-0.2, 0) is 6.54 Å². The summed E-state index contributed by atoms with van der Waals surface area (Å²) in [6.07, 6.45) is 1.80. The Labute approximate surface area is 94.2 Å². The summed E-state index contributed by atoms with van der Waals surface area (Å²) in [6, 6.07) is 10.1. The molecule has 68 valence electrons. The van der Waals surface area contributed by atoms with E-state index in [9.17, 15) is 0 Å². The van der Waals surface area contributed by atoms with Gasteiger partial charge in [-0.2, -0.15) is 0 Å². The number of nitrogens with zero attached hydrogens (tertiary/aromatic N) is 1. The van der Waals surface area contributed by atoms with Crippen molar-refractivity contribution in [3.63, 3.8) is 0 Å². The second-order valence-electron chi connectivity index (χ2n) is 2.73. The van der Waals surface area contributed by atoms with Crippen LogP contribution in [-0.4, -0.2) is 4.98 Å². The zero-order valence-electron chi connectivity index (χ0n) is 7.10. The lowest BCUT2D eigenvalue weighted by molar-refractivity contribution is 1.07. The average molecular weight is 286 g/mol. The molecule has 0 aliphatic carbocycles. The Morgan fingerprint density at radius 1 is 1.23 bits per heavy atom. The van der Waals surface area contributed by atoms with Crippen molar-refractivity contribution in [2.24, 2.45) is 5.73 Å². The van der Waals surface area contributed by atoms with Crippen LogP contribution in [0.1, 0.15) is 5.56 Å². The number of pyridine rings is 1. The number of aromatic nitrogens is 1. The van der Waals surface area contributed by atoms with Crippen LogP contribution in [0.3, 0.4) is 0 Å². The van der Waals surface area contributed by atoms with Gasteiger partial charge in [-0.3, -0.25) is 4.98 Å². The fraction of sp³-hybridized carbons (Fsp3) is 0.100. The summed E-state index contributed by atoms with van der Waals surface area (Å²) in [5.74, 6) is 0. The molecule has 0 spiro atoms. The smallest absolute Gasteiger partial charge is 0.0702 e. The first-order valence-electron chi connectivity index (χ1n) is 3.94. The minimum absolute atomic E-state index is 0.